The van der Waals surface area contributed by atoms with Crippen molar-refractivity contribution in [1.82, 2.24) is 5.01 Å². The summed E-state index contributed by atoms with van der Waals surface area (Å²) in [4.78, 5) is 12.0. The Kier molecular flexibility index (Phi) is 2.64. The predicted molar refractivity (Wildman–Crippen MR) is 62.6 cm³/mol. The first-order valence-electron chi connectivity index (χ1n) is 4.17. The van der Waals surface area contributed by atoms with Crippen LogP contribution >= 0.6 is 24.0 Å². The van der Waals surface area contributed by atoms with Crippen LogP contribution in [0, 0.1) is 6.92 Å². The van der Waals surface area contributed by atoms with Crippen molar-refractivity contribution in [2.24, 2.45) is 5.84 Å². The fourth-order valence-electron chi connectivity index (χ4n) is 1.14. The number of amides is 1. The number of furan rings is 1. The maximum Gasteiger partial charge on any atom is 0.280 e. The minimum absolute atomic E-state index is 0.293. The standard InChI is InChI=1S/C9H8N2O2S2/c1-5-2-3-6(13-5)4-7-8(12)11(10)9(14)15-7/h2-4H,10H2,1H3. The number of carbonyl (C=O) groups excluding carboxylic acids is 1. The minimum atomic E-state index is -0.293. The van der Waals surface area contributed by atoms with Crippen molar-refractivity contribution in [3.8, 4) is 0 Å². The van der Waals surface area contributed by atoms with Crippen LogP contribution in [-0.4, -0.2) is 15.2 Å². The molecule has 4 nitrogen and oxygen atoms in total. The number of thiocarbonyl (C=S) groups is 1. The zero-order valence-corrected chi connectivity index (χ0v) is 9.52. The quantitative estimate of drug-likeness (QED) is 0.350. The molecule has 0 atom stereocenters. The summed E-state index contributed by atoms with van der Waals surface area (Å²) in [5.74, 6) is 6.55. The van der Waals surface area contributed by atoms with E-state index in [1.807, 2.05) is 13.0 Å². The van der Waals surface area contributed by atoms with Gasteiger partial charge in [0.15, 0.2) is 4.32 Å². The molecule has 0 radical (unpaired) electrons. The summed E-state index contributed by atoms with van der Waals surface area (Å²) >= 11 is 6.06. The third-order valence-electron chi connectivity index (χ3n) is 1.86. The molecule has 6 heteroatoms. The summed E-state index contributed by atoms with van der Waals surface area (Å²) in [6, 6.07) is 3.62. The van der Waals surface area contributed by atoms with Gasteiger partial charge in [0, 0.05) is 6.08 Å². The predicted octanol–water partition coefficient (Wildman–Crippen LogP) is 1.66. The first-order valence-corrected chi connectivity index (χ1v) is 5.39. The van der Waals surface area contributed by atoms with Gasteiger partial charge in [0.25, 0.3) is 5.91 Å². The van der Waals surface area contributed by atoms with Crippen LogP contribution in [0.5, 0.6) is 0 Å². The zero-order valence-electron chi connectivity index (χ0n) is 7.89. The summed E-state index contributed by atoms with van der Waals surface area (Å²) in [6.07, 6.45) is 1.64. The van der Waals surface area contributed by atoms with Crippen molar-refractivity contribution < 1.29 is 9.21 Å². The Morgan fingerprint density at radius 1 is 1.60 bits per heavy atom. The number of nitrogens with two attached hydrogens (primary N) is 1. The largest absolute Gasteiger partial charge is 0.462 e. The molecule has 0 aliphatic carbocycles. The number of thioether (sulfide) groups is 1. The van der Waals surface area contributed by atoms with Crippen LogP contribution in [0.3, 0.4) is 0 Å². The molecule has 1 fully saturated rings. The highest BCUT2D eigenvalue weighted by molar-refractivity contribution is 8.26. The number of hydrogen-bond donors (Lipinski definition) is 1. The molecule has 1 amide bonds. The maximum atomic E-state index is 11.5. The molecule has 0 bridgehead atoms. The summed E-state index contributed by atoms with van der Waals surface area (Å²) in [6.45, 7) is 1.84. The van der Waals surface area contributed by atoms with E-state index >= 15 is 0 Å². The number of hydrogen-bond acceptors (Lipinski definition) is 5. The normalized spacial score (nSPS) is 19.3. The lowest BCUT2D eigenvalue weighted by atomic mass is 10.4. The fraction of sp³-hybridized carbons (Fsp3) is 0.111. The maximum absolute atomic E-state index is 11.5. The summed E-state index contributed by atoms with van der Waals surface area (Å²) in [7, 11) is 0. The van der Waals surface area contributed by atoms with Crippen molar-refractivity contribution in [1.29, 1.82) is 0 Å². The van der Waals surface area contributed by atoms with Gasteiger partial charge in [0.2, 0.25) is 0 Å². The van der Waals surface area contributed by atoms with Crippen LogP contribution < -0.4 is 5.84 Å². The van der Waals surface area contributed by atoms with Gasteiger partial charge in [0.05, 0.1) is 4.91 Å². The van der Waals surface area contributed by atoms with E-state index in [1.165, 1.54) is 11.8 Å². The topological polar surface area (TPSA) is 59.5 Å². The molecule has 1 aliphatic rings. The van der Waals surface area contributed by atoms with Gasteiger partial charge < -0.3 is 4.42 Å². The van der Waals surface area contributed by atoms with E-state index in [-0.39, 0.29) is 5.91 Å². The number of aryl methyl sites for hydroxylation is 1. The van der Waals surface area contributed by atoms with Gasteiger partial charge in [-0.2, -0.15) is 0 Å². The second-order valence-corrected chi connectivity index (χ2v) is 4.68. The lowest BCUT2D eigenvalue weighted by Gasteiger charge is -2.02. The van der Waals surface area contributed by atoms with Gasteiger partial charge in [-0.3, -0.25) is 4.79 Å². The minimum Gasteiger partial charge on any atom is -0.462 e. The molecule has 0 spiro atoms. The monoisotopic (exact) mass is 240 g/mol. The Balaban J connectivity index is 2.29. The Bertz CT molecular complexity index is 464. The van der Waals surface area contributed by atoms with Crippen LogP contribution in [0.25, 0.3) is 6.08 Å². The van der Waals surface area contributed by atoms with E-state index in [2.05, 4.69) is 0 Å². The van der Waals surface area contributed by atoms with Crippen molar-refractivity contribution in [2.75, 3.05) is 0 Å². The average Bonchev–Trinajstić information content (AvgIpc) is 2.68. The van der Waals surface area contributed by atoms with Crippen LogP contribution in [0.1, 0.15) is 11.5 Å². The number of hydrazine groups is 1. The first-order chi connectivity index (χ1) is 7.08. The number of rotatable bonds is 1. The second kappa shape index (κ2) is 3.80. The van der Waals surface area contributed by atoms with Gasteiger partial charge in [-0.05, 0) is 19.1 Å². The van der Waals surface area contributed by atoms with Crippen LogP contribution in [0.2, 0.25) is 0 Å². The SMILES string of the molecule is Cc1ccc(C=C2SC(=S)N(N)C2=O)o1. The fourth-order valence-corrected chi connectivity index (χ4v) is 2.22. The van der Waals surface area contributed by atoms with E-state index in [0.29, 0.717) is 15.0 Å². The molecule has 2 heterocycles. The third-order valence-corrected chi connectivity index (χ3v) is 3.19. The Hall–Kier alpha value is -1.11. The van der Waals surface area contributed by atoms with Gasteiger partial charge in [-0.15, -0.1) is 0 Å². The molecule has 1 aliphatic heterocycles. The highest BCUT2D eigenvalue weighted by atomic mass is 32.2. The average molecular weight is 240 g/mol. The van der Waals surface area contributed by atoms with Gasteiger partial charge >= 0.3 is 0 Å². The van der Waals surface area contributed by atoms with Crippen LogP contribution in [-0.2, 0) is 4.79 Å². The van der Waals surface area contributed by atoms with E-state index in [1.54, 1.807) is 12.1 Å². The lowest BCUT2D eigenvalue weighted by molar-refractivity contribution is -0.122. The van der Waals surface area contributed by atoms with E-state index in [9.17, 15) is 4.79 Å². The molecular weight excluding hydrogens is 232 g/mol. The Labute approximate surface area is 96.1 Å². The van der Waals surface area contributed by atoms with Crippen molar-refractivity contribution >= 4 is 40.3 Å². The van der Waals surface area contributed by atoms with Gasteiger partial charge in [-0.25, -0.2) is 10.9 Å². The molecule has 15 heavy (non-hydrogen) atoms. The van der Waals surface area contributed by atoms with Gasteiger partial charge in [0.1, 0.15) is 11.5 Å². The molecule has 0 saturated carbocycles. The summed E-state index contributed by atoms with van der Waals surface area (Å²) in [5.41, 5.74) is 0. The van der Waals surface area contributed by atoms with Crippen LogP contribution in [0.15, 0.2) is 21.5 Å². The third kappa shape index (κ3) is 1.97. The molecule has 0 unspecified atom stereocenters. The van der Waals surface area contributed by atoms with E-state index in [0.717, 1.165) is 10.8 Å². The first kappa shape index (κ1) is 10.4. The summed E-state index contributed by atoms with van der Waals surface area (Å²) in [5, 5.41) is 0.960. The van der Waals surface area contributed by atoms with Crippen LogP contribution in [0.4, 0.5) is 0 Å². The molecule has 0 aromatic carbocycles. The Morgan fingerprint density at radius 2 is 2.33 bits per heavy atom. The number of nitrogens with zero attached hydrogens (tertiary/aromatic N) is 1. The highest BCUT2D eigenvalue weighted by Gasteiger charge is 2.29. The smallest absolute Gasteiger partial charge is 0.280 e. The molecule has 78 valence electrons. The molecular formula is C9H8N2O2S2. The molecule has 2 rings (SSSR count). The number of carbonyl (C=O) groups is 1. The van der Waals surface area contributed by atoms with E-state index < -0.39 is 0 Å². The molecule has 1 saturated heterocycles. The van der Waals surface area contributed by atoms with Crippen molar-refractivity contribution in [3.63, 3.8) is 0 Å². The lowest BCUT2D eigenvalue weighted by Crippen LogP contribution is -2.34. The zero-order chi connectivity index (χ0) is 11.0. The second-order valence-electron chi connectivity index (χ2n) is 3.00. The Morgan fingerprint density at radius 3 is 2.80 bits per heavy atom. The van der Waals surface area contributed by atoms with E-state index in [4.69, 9.17) is 22.5 Å². The summed E-state index contributed by atoms with van der Waals surface area (Å²) < 4.78 is 5.68. The highest BCUT2D eigenvalue weighted by Crippen LogP contribution is 2.30. The van der Waals surface area contributed by atoms with Crippen molar-refractivity contribution in [2.45, 2.75) is 6.92 Å². The molecule has 1 aromatic heterocycles. The molecule has 2 N–H and O–H groups in total. The van der Waals surface area contributed by atoms with Gasteiger partial charge in [-0.1, -0.05) is 24.0 Å². The molecule has 1 aromatic rings. The van der Waals surface area contributed by atoms with Crippen molar-refractivity contribution in [3.05, 3.63) is 28.6 Å².